The van der Waals surface area contributed by atoms with E-state index in [-0.39, 0.29) is 0 Å². The normalized spacial score (nSPS) is 13.4. The fraction of sp³-hybridized carbons (Fsp3) is 0.192. The highest BCUT2D eigenvalue weighted by molar-refractivity contribution is 6.30. The highest BCUT2D eigenvalue weighted by atomic mass is 35.5. The molecular formula is C26H24ClN3. The Kier molecular flexibility index (Phi) is 5.06. The van der Waals surface area contributed by atoms with Gasteiger partial charge in [-0.25, -0.2) is 4.68 Å². The molecule has 4 heteroatoms. The number of rotatable bonds is 3. The van der Waals surface area contributed by atoms with Crippen molar-refractivity contribution in [1.29, 1.82) is 0 Å². The monoisotopic (exact) mass is 413 g/mol. The molecular weight excluding hydrogens is 390 g/mol. The predicted octanol–water partition coefficient (Wildman–Crippen LogP) is 6.92. The molecule has 0 fully saturated rings. The third kappa shape index (κ3) is 3.50. The molecule has 0 bridgehead atoms. The van der Waals surface area contributed by atoms with Crippen LogP contribution in [0.25, 0.3) is 28.1 Å². The van der Waals surface area contributed by atoms with E-state index >= 15 is 0 Å². The lowest BCUT2D eigenvalue weighted by atomic mass is 10.00. The van der Waals surface area contributed by atoms with E-state index in [1.807, 2.05) is 22.9 Å². The summed E-state index contributed by atoms with van der Waals surface area (Å²) in [4.78, 5) is 0. The van der Waals surface area contributed by atoms with Crippen LogP contribution < -0.4 is 5.32 Å². The number of anilines is 1. The van der Waals surface area contributed by atoms with Gasteiger partial charge in [0.25, 0.3) is 0 Å². The molecule has 5 rings (SSSR count). The molecule has 1 aliphatic rings. The van der Waals surface area contributed by atoms with E-state index in [0.29, 0.717) is 0 Å². The van der Waals surface area contributed by atoms with Crippen molar-refractivity contribution in [2.45, 2.75) is 26.2 Å². The molecule has 0 unspecified atom stereocenters. The Balaban J connectivity index is 1.62. The molecule has 1 aliphatic heterocycles. The summed E-state index contributed by atoms with van der Waals surface area (Å²) >= 11 is 6.32. The average Bonchev–Trinajstić information content (AvgIpc) is 2.96. The molecule has 0 amide bonds. The van der Waals surface area contributed by atoms with Crippen LogP contribution in [0, 0.1) is 6.92 Å². The Bertz CT molecular complexity index is 1180. The second-order valence-corrected chi connectivity index (χ2v) is 8.28. The maximum absolute atomic E-state index is 6.32. The fourth-order valence-corrected chi connectivity index (χ4v) is 4.34. The predicted molar refractivity (Wildman–Crippen MR) is 126 cm³/mol. The summed E-state index contributed by atoms with van der Waals surface area (Å²) in [6.45, 7) is 3.06. The molecule has 1 aromatic heterocycles. The van der Waals surface area contributed by atoms with E-state index in [0.717, 1.165) is 59.2 Å². The quantitative estimate of drug-likeness (QED) is 0.395. The van der Waals surface area contributed by atoms with Crippen LogP contribution in [0.5, 0.6) is 0 Å². The minimum atomic E-state index is 0.724. The van der Waals surface area contributed by atoms with Crippen molar-refractivity contribution >= 4 is 17.4 Å². The topological polar surface area (TPSA) is 29.9 Å². The van der Waals surface area contributed by atoms with E-state index in [4.69, 9.17) is 16.7 Å². The zero-order valence-corrected chi connectivity index (χ0v) is 17.8. The molecule has 0 atom stereocenters. The molecule has 3 nitrogen and oxygen atoms in total. The van der Waals surface area contributed by atoms with Crippen molar-refractivity contribution in [3.8, 4) is 28.1 Å². The number of nitrogens with zero attached hydrogens (tertiary/aromatic N) is 2. The van der Waals surface area contributed by atoms with Gasteiger partial charge in [0.1, 0.15) is 5.82 Å². The number of halogens is 1. The molecule has 0 saturated heterocycles. The highest BCUT2D eigenvalue weighted by Gasteiger charge is 2.22. The Labute approximate surface area is 182 Å². The first-order chi connectivity index (χ1) is 14.7. The maximum Gasteiger partial charge on any atom is 0.133 e. The Morgan fingerprint density at radius 2 is 1.60 bits per heavy atom. The molecule has 0 aliphatic carbocycles. The summed E-state index contributed by atoms with van der Waals surface area (Å²) in [5.41, 5.74) is 8.12. The molecule has 1 N–H and O–H groups in total. The van der Waals surface area contributed by atoms with Gasteiger partial charge < -0.3 is 5.32 Å². The summed E-state index contributed by atoms with van der Waals surface area (Å²) in [5, 5.41) is 9.42. The molecule has 150 valence electrons. The van der Waals surface area contributed by atoms with Gasteiger partial charge in [-0.1, -0.05) is 72.3 Å². The zero-order chi connectivity index (χ0) is 20.5. The van der Waals surface area contributed by atoms with Crippen LogP contribution in [0.4, 0.5) is 5.82 Å². The Morgan fingerprint density at radius 1 is 0.867 bits per heavy atom. The number of fused-ring (bicyclic) bond motifs is 1. The first-order valence-electron chi connectivity index (χ1n) is 10.5. The molecule has 0 saturated carbocycles. The zero-order valence-electron chi connectivity index (χ0n) is 17.0. The minimum Gasteiger partial charge on any atom is -0.370 e. The largest absolute Gasteiger partial charge is 0.370 e. The van der Waals surface area contributed by atoms with E-state index in [1.165, 1.54) is 16.7 Å². The number of hydrogen-bond acceptors (Lipinski definition) is 2. The van der Waals surface area contributed by atoms with Gasteiger partial charge in [0.2, 0.25) is 0 Å². The van der Waals surface area contributed by atoms with E-state index < -0.39 is 0 Å². The maximum atomic E-state index is 6.32. The highest BCUT2D eigenvalue weighted by Crippen LogP contribution is 2.36. The second-order valence-electron chi connectivity index (χ2n) is 7.85. The molecule has 3 aromatic carbocycles. The molecule has 2 heterocycles. The average molecular weight is 414 g/mol. The van der Waals surface area contributed by atoms with Crippen LogP contribution in [0.1, 0.15) is 24.0 Å². The second kappa shape index (κ2) is 8.00. The van der Waals surface area contributed by atoms with E-state index in [2.05, 4.69) is 66.8 Å². The van der Waals surface area contributed by atoms with Crippen molar-refractivity contribution in [2.75, 3.05) is 11.9 Å². The standard InChI is InChI=1S/C26H24ClN3/c1-18-10-15-22(27)17-24(18)30-26-23(9-5-6-16-28-26)25(29-30)21-13-11-20(12-14-21)19-7-3-2-4-8-19/h2-4,7-8,10-15,17,28H,5-6,9,16H2,1H3. The summed E-state index contributed by atoms with van der Waals surface area (Å²) < 4.78 is 2.04. The lowest BCUT2D eigenvalue weighted by molar-refractivity contribution is 0.779. The van der Waals surface area contributed by atoms with Gasteiger partial charge in [-0.05, 0) is 55.0 Å². The third-order valence-electron chi connectivity index (χ3n) is 5.79. The van der Waals surface area contributed by atoms with Gasteiger partial charge in [-0.15, -0.1) is 0 Å². The molecule has 4 aromatic rings. The lowest BCUT2D eigenvalue weighted by Gasteiger charge is -2.12. The number of aromatic nitrogens is 2. The SMILES string of the molecule is Cc1ccc(Cl)cc1-n1nc(-c2ccc(-c3ccccc3)cc2)c2c1NCCCC2. The van der Waals surface area contributed by atoms with Crippen LogP contribution >= 0.6 is 11.6 Å². The van der Waals surface area contributed by atoms with Crippen molar-refractivity contribution in [2.24, 2.45) is 0 Å². The number of aryl methyl sites for hydroxylation is 1. The van der Waals surface area contributed by atoms with Gasteiger partial charge in [0.05, 0.1) is 11.4 Å². The van der Waals surface area contributed by atoms with Gasteiger partial charge in [0, 0.05) is 22.7 Å². The summed E-state index contributed by atoms with van der Waals surface area (Å²) in [6, 6.07) is 25.2. The van der Waals surface area contributed by atoms with Crippen LogP contribution in [0.15, 0.2) is 72.8 Å². The van der Waals surface area contributed by atoms with Crippen molar-refractivity contribution in [3.05, 3.63) is 88.9 Å². The van der Waals surface area contributed by atoms with E-state index in [1.54, 1.807) is 0 Å². The first kappa shape index (κ1) is 19.0. The number of hydrogen-bond donors (Lipinski definition) is 1. The van der Waals surface area contributed by atoms with Crippen LogP contribution in [0.2, 0.25) is 5.02 Å². The fourth-order valence-electron chi connectivity index (χ4n) is 4.17. The van der Waals surface area contributed by atoms with Gasteiger partial charge in [0.15, 0.2) is 0 Å². The Hall–Kier alpha value is -3.04. The van der Waals surface area contributed by atoms with Crippen LogP contribution in [-0.4, -0.2) is 16.3 Å². The minimum absolute atomic E-state index is 0.724. The lowest BCUT2D eigenvalue weighted by Crippen LogP contribution is -2.08. The molecule has 0 spiro atoms. The van der Waals surface area contributed by atoms with Crippen molar-refractivity contribution in [3.63, 3.8) is 0 Å². The summed E-state index contributed by atoms with van der Waals surface area (Å²) in [6.07, 6.45) is 3.35. The first-order valence-corrected chi connectivity index (χ1v) is 10.9. The molecule has 30 heavy (non-hydrogen) atoms. The number of nitrogens with one attached hydrogen (secondary N) is 1. The van der Waals surface area contributed by atoms with Crippen LogP contribution in [0.3, 0.4) is 0 Å². The molecule has 0 radical (unpaired) electrons. The third-order valence-corrected chi connectivity index (χ3v) is 6.03. The van der Waals surface area contributed by atoms with Gasteiger partial charge in [-0.3, -0.25) is 0 Å². The summed E-state index contributed by atoms with van der Waals surface area (Å²) in [5.74, 6) is 1.10. The summed E-state index contributed by atoms with van der Waals surface area (Å²) in [7, 11) is 0. The van der Waals surface area contributed by atoms with Gasteiger partial charge in [-0.2, -0.15) is 5.10 Å². The van der Waals surface area contributed by atoms with E-state index in [9.17, 15) is 0 Å². The van der Waals surface area contributed by atoms with Crippen LogP contribution in [-0.2, 0) is 6.42 Å². The van der Waals surface area contributed by atoms with Gasteiger partial charge >= 0.3 is 0 Å². The smallest absolute Gasteiger partial charge is 0.133 e. The Morgan fingerprint density at radius 3 is 2.40 bits per heavy atom. The number of benzene rings is 3. The van der Waals surface area contributed by atoms with Crippen molar-refractivity contribution < 1.29 is 0 Å². The van der Waals surface area contributed by atoms with Crippen molar-refractivity contribution in [1.82, 2.24) is 9.78 Å².